The van der Waals surface area contributed by atoms with E-state index in [4.69, 9.17) is 10.8 Å². The first-order chi connectivity index (χ1) is 8.99. The minimum absolute atomic E-state index is 0.0454. The smallest absolute Gasteiger partial charge is 0.325 e. The van der Waals surface area contributed by atoms with Gasteiger partial charge in [0.2, 0.25) is 5.91 Å². The number of carboxylic acids is 1. The number of nitrogens with two attached hydrogens (primary N) is 1. The third kappa shape index (κ3) is 4.82. The van der Waals surface area contributed by atoms with E-state index in [-0.39, 0.29) is 12.5 Å². The Kier molecular flexibility index (Phi) is 6.28. The average molecular weight is 270 g/mol. The van der Waals surface area contributed by atoms with Gasteiger partial charge in [-0.05, 0) is 12.8 Å². The van der Waals surface area contributed by atoms with Crippen LogP contribution in [-0.2, 0) is 9.59 Å². The van der Waals surface area contributed by atoms with Gasteiger partial charge >= 0.3 is 5.97 Å². The summed E-state index contributed by atoms with van der Waals surface area (Å²) >= 11 is 0. The van der Waals surface area contributed by atoms with E-state index < -0.39 is 11.5 Å². The Balaban J connectivity index is 2.19. The first-order valence-corrected chi connectivity index (χ1v) is 7.29. The van der Waals surface area contributed by atoms with Gasteiger partial charge in [0.15, 0.2) is 0 Å². The molecule has 5 heteroatoms. The number of carboxylic acid groups (broad SMARTS) is 1. The lowest BCUT2D eigenvalue weighted by Gasteiger charge is -2.20. The maximum absolute atomic E-state index is 11.9. The molecule has 1 atom stereocenters. The van der Waals surface area contributed by atoms with Crippen LogP contribution >= 0.6 is 0 Å². The highest BCUT2D eigenvalue weighted by atomic mass is 16.4. The zero-order valence-electron chi connectivity index (χ0n) is 11.9. The van der Waals surface area contributed by atoms with Crippen molar-refractivity contribution in [3.05, 3.63) is 0 Å². The average Bonchev–Trinajstić information content (AvgIpc) is 2.78. The highest BCUT2D eigenvalue weighted by Gasteiger charge is 2.42. The molecule has 0 radical (unpaired) electrons. The summed E-state index contributed by atoms with van der Waals surface area (Å²) in [6.07, 6.45) is 7.73. The first-order valence-electron chi connectivity index (χ1n) is 7.29. The Morgan fingerprint density at radius 2 is 1.84 bits per heavy atom. The van der Waals surface area contributed by atoms with Crippen LogP contribution in [0.2, 0.25) is 0 Å². The van der Waals surface area contributed by atoms with Crippen molar-refractivity contribution < 1.29 is 14.7 Å². The first kappa shape index (κ1) is 16.0. The van der Waals surface area contributed by atoms with E-state index in [0.717, 1.165) is 12.8 Å². The van der Waals surface area contributed by atoms with Gasteiger partial charge in [0.1, 0.15) is 5.54 Å². The molecule has 0 aliphatic carbocycles. The lowest BCUT2D eigenvalue weighted by Crippen LogP contribution is -2.50. The second-order valence-electron chi connectivity index (χ2n) is 5.54. The third-order valence-corrected chi connectivity index (χ3v) is 3.82. The lowest BCUT2D eigenvalue weighted by atomic mass is 10.0. The number of carbonyl (C=O) groups excluding carboxylic acids is 1. The molecule has 1 aliphatic heterocycles. The molecule has 1 amide bonds. The summed E-state index contributed by atoms with van der Waals surface area (Å²) in [6.45, 7) is 2.80. The summed E-state index contributed by atoms with van der Waals surface area (Å²) in [4.78, 5) is 24.5. The number of rotatable bonds is 8. The minimum Gasteiger partial charge on any atom is -0.480 e. The van der Waals surface area contributed by atoms with Crippen molar-refractivity contribution in [2.45, 2.75) is 63.8 Å². The van der Waals surface area contributed by atoms with Gasteiger partial charge in [-0.2, -0.15) is 0 Å². The third-order valence-electron chi connectivity index (χ3n) is 3.82. The van der Waals surface area contributed by atoms with Crippen molar-refractivity contribution in [3.8, 4) is 0 Å². The molecule has 0 saturated carbocycles. The van der Waals surface area contributed by atoms with E-state index in [1.54, 1.807) is 4.90 Å². The van der Waals surface area contributed by atoms with Crippen LogP contribution in [0.4, 0.5) is 0 Å². The minimum atomic E-state index is -1.24. The van der Waals surface area contributed by atoms with E-state index >= 15 is 0 Å². The molecule has 1 fully saturated rings. The predicted octanol–water partition coefficient (Wildman–Crippen LogP) is 1.75. The number of hydrogen-bond donors (Lipinski definition) is 2. The highest BCUT2D eigenvalue weighted by molar-refractivity contribution is 5.83. The molecule has 0 aromatic rings. The molecule has 110 valence electrons. The maximum atomic E-state index is 11.9. The molecule has 1 unspecified atom stereocenters. The fraction of sp³-hybridized carbons (Fsp3) is 0.857. The second-order valence-corrected chi connectivity index (χ2v) is 5.54. The second kappa shape index (κ2) is 7.48. The van der Waals surface area contributed by atoms with Crippen LogP contribution in [0.15, 0.2) is 0 Å². The Morgan fingerprint density at radius 1 is 1.21 bits per heavy atom. The summed E-state index contributed by atoms with van der Waals surface area (Å²) in [6, 6.07) is 0. The Hall–Kier alpha value is -1.10. The van der Waals surface area contributed by atoms with E-state index in [1.165, 1.54) is 25.7 Å². The zero-order chi connectivity index (χ0) is 14.3. The Morgan fingerprint density at radius 3 is 2.42 bits per heavy atom. The number of likely N-dealkylation sites (tertiary alicyclic amines) is 1. The monoisotopic (exact) mass is 270 g/mol. The number of amides is 1. The van der Waals surface area contributed by atoms with Crippen molar-refractivity contribution in [2.75, 3.05) is 13.1 Å². The molecule has 1 rings (SSSR count). The van der Waals surface area contributed by atoms with Gasteiger partial charge in [0.25, 0.3) is 0 Å². The van der Waals surface area contributed by atoms with Gasteiger partial charge in [-0.15, -0.1) is 0 Å². The number of aliphatic carboxylic acids is 1. The van der Waals surface area contributed by atoms with Crippen molar-refractivity contribution >= 4 is 11.9 Å². The van der Waals surface area contributed by atoms with Crippen LogP contribution in [0.1, 0.15) is 58.3 Å². The molecule has 0 bridgehead atoms. The fourth-order valence-electron chi connectivity index (χ4n) is 2.44. The van der Waals surface area contributed by atoms with E-state index in [9.17, 15) is 9.59 Å². The highest BCUT2D eigenvalue weighted by Crippen LogP contribution is 2.20. The summed E-state index contributed by atoms with van der Waals surface area (Å²) in [7, 11) is 0. The van der Waals surface area contributed by atoms with Crippen LogP contribution in [0.3, 0.4) is 0 Å². The maximum Gasteiger partial charge on any atom is 0.325 e. The van der Waals surface area contributed by atoms with Crippen LogP contribution in [-0.4, -0.2) is 40.5 Å². The van der Waals surface area contributed by atoms with Crippen LogP contribution in [0.25, 0.3) is 0 Å². The normalized spacial score (nSPS) is 22.7. The molecule has 0 spiro atoms. The largest absolute Gasteiger partial charge is 0.480 e. The quantitative estimate of drug-likeness (QED) is 0.658. The Labute approximate surface area is 115 Å². The van der Waals surface area contributed by atoms with E-state index in [2.05, 4.69) is 6.92 Å². The van der Waals surface area contributed by atoms with Gasteiger partial charge in [-0.1, -0.05) is 39.0 Å². The number of unbranched alkanes of at least 4 members (excludes halogenated alkanes) is 5. The molecule has 1 aliphatic rings. The van der Waals surface area contributed by atoms with Gasteiger partial charge < -0.3 is 15.7 Å². The molecule has 19 heavy (non-hydrogen) atoms. The number of nitrogens with zero attached hydrogens (tertiary/aromatic N) is 1. The van der Waals surface area contributed by atoms with E-state index in [1.807, 2.05) is 0 Å². The SMILES string of the molecule is CCCCCCCCC(=O)N1CCC(N)(C(=O)O)C1. The summed E-state index contributed by atoms with van der Waals surface area (Å²) in [5, 5.41) is 9.01. The molecular weight excluding hydrogens is 244 g/mol. The van der Waals surface area contributed by atoms with Crippen LogP contribution in [0, 0.1) is 0 Å². The molecule has 0 aromatic heterocycles. The molecular formula is C14H26N2O3. The molecule has 1 heterocycles. The fourth-order valence-corrected chi connectivity index (χ4v) is 2.44. The van der Waals surface area contributed by atoms with Crippen molar-refractivity contribution in [1.82, 2.24) is 4.90 Å². The molecule has 0 aromatic carbocycles. The van der Waals surface area contributed by atoms with Gasteiger partial charge in [-0.25, -0.2) is 0 Å². The molecule has 3 N–H and O–H groups in total. The van der Waals surface area contributed by atoms with Gasteiger partial charge in [0.05, 0.1) is 0 Å². The number of carbonyl (C=O) groups is 2. The van der Waals surface area contributed by atoms with Crippen molar-refractivity contribution in [1.29, 1.82) is 0 Å². The van der Waals surface area contributed by atoms with Gasteiger partial charge in [-0.3, -0.25) is 9.59 Å². The summed E-state index contributed by atoms with van der Waals surface area (Å²) in [5.41, 5.74) is 4.51. The van der Waals surface area contributed by atoms with Gasteiger partial charge in [0, 0.05) is 19.5 Å². The van der Waals surface area contributed by atoms with Crippen molar-refractivity contribution in [2.24, 2.45) is 5.73 Å². The van der Waals surface area contributed by atoms with Crippen molar-refractivity contribution in [3.63, 3.8) is 0 Å². The lowest BCUT2D eigenvalue weighted by molar-refractivity contribution is -0.143. The topological polar surface area (TPSA) is 83.6 Å². The van der Waals surface area contributed by atoms with E-state index in [0.29, 0.717) is 19.4 Å². The van der Waals surface area contributed by atoms with Crippen LogP contribution < -0.4 is 5.73 Å². The standard InChI is InChI=1S/C14H26N2O3/c1-2-3-4-5-6-7-8-12(17)16-10-9-14(15,11-16)13(18)19/h2-11,15H2,1H3,(H,18,19). The molecule has 5 nitrogen and oxygen atoms in total. The summed E-state index contributed by atoms with van der Waals surface area (Å²) in [5.74, 6) is -0.966. The zero-order valence-corrected chi connectivity index (χ0v) is 11.9. The van der Waals surface area contributed by atoms with Crippen LogP contribution in [0.5, 0.6) is 0 Å². The summed E-state index contributed by atoms with van der Waals surface area (Å²) < 4.78 is 0. The predicted molar refractivity (Wildman–Crippen MR) is 73.7 cm³/mol. The Bertz CT molecular complexity index is 320. The molecule has 1 saturated heterocycles. The number of hydrogen-bond acceptors (Lipinski definition) is 3.